The Bertz CT molecular complexity index is 980. The molecular weight excluding hydrogens is 420 g/mol. The molecule has 3 amide bonds. The van der Waals surface area contributed by atoms with E-state index in [1.807, 2.05) is 0 Å². The zero-order valence-electron chi connectivity index (χ0n) is 17.8. The molecule has 0 radical (unpaired) electrons. The van der Waals surface area contributed by atoms with Crippen molar-refractivity contribution in [2.24, 2.45) is 5.73 Å². The molecule has 2 aromatic rings. The first-order chi connectivity index (χ1) is 15.2. The van der Waals surface area contributed by atoms with Crippen LogP contribution in [0, 0.1) is 11.6 Å². The van der Waals surface area contributed by atoms with Crippen LogP contribution in [0.15, 0.2) is 48.5 Å². The molecule has 7 nitrogen and oxygen atoms in total. The van der Waals surface area contributed by atoms with Crippen LogP contribution in [-0.2, 0) is 25.5 Å². The van der Waals surface area contributed by atoms with Crippen LogP contribution in [0.5, 0.6) is 0 Å². The highest BCUT2D eigenvalue weighted by molar-refractivity contribution is 6.03. The fraction of sp³-hybridized carbons (Fsp3) is 0.348. The smallest absolute Gasteiger partial charge is 0.248 e. The molecule has 0 aliphatic carbocycles. The number of ether oxygens (including phenoxy) is 1. The van der Waals surface area contributed by atoms with Crippen LogP contribution in [0.4, 0.5) is 8.78 Å². The molecule has 1 fully saturated rings. The Balaban J connectivity index is 2.06. The van der Waals surface area contributed by atoms with Gasteiger partial charge in [0.15, 0.2) is 0 Å². The first-order valence-electron chi connectivity index (χ1n) is 10.2. The van der Waals surface area contributed by atoms with E-state index in [1.54, 1.807) is 37.4 Å². The average Bonchev–Trinajstić information content (AvgIpc) is 2.87. The molecule has 2 aromatic carbocycles. The first kappa shape index (κ1) is 23.5. The molecule has 0 aromatic heterocycles. The standard InChI is InChI=1S/C23H25F2N3O4/c1-14(26)22(30)28(19(29)12-15-10-17(24)13-18(25)11-15)20-21(16-6-4-3-5-7-16)32-9-8-27(2)23(20)31/h3-7,10-11,13-14,20-21H,8-9,12,26H2,1-2H3/t14-,20-,21+/m0/s1. The Morgan fingerprint density at radius 1 is 1.19 bits per heavy atom. The summed E-state index contributed by atoms with van der Waals surface area (Å²) in [5.41, 5.74) is 6.43. The summed E-state index contributed by atoms with van der Waals surface area (Å²) in [5.74, 6) is -3.80. The predicted octanol–water partition coefficient (Wildman–Crippen LogP) is 1.81. The molecule has 0 spiro atoms. The molecule has 9 heteroatoms. The minimum Gasteiger partial charge on any atom is -0.369 e. The molecule has 0 bridgehead atoms. The molecule has 3 atom stereocenters. The van der Waals surface area contributed by atoms with E-state index >= 15 is 0 Å². The van der Waals surface area contributed by atoms with Gasteiger partial charge in [0.25, 0.3) is 0 Å². The van der Waals surface area contributed by atoms with Gasteiger partial charge in [-0.05, 0) is 30.2 Å². The minimum atomic E-state index is -1.32. The summed E-state index contributed by atoms with van der Waals surface area (Å²) in [6, 6.07) is 9.03. The van der Waals surface area contributed by atoms with Crippen molar-refractivity contribution >= 4 is 17.7 Å². The van der Waals surface area contributed by atoms with Gasteiger partial charge in [-0.1, -0.05) is 30.3 Å². The summed E-state index contributed by atoms with van der Waals surface area (Å²) < 4.78 is 33.2. The van der Waals surface area contributed by atoms with Gasteiger partial charge in [0.2, 0.25) is 17.7 Å². The van der Waals surface area contributed by atoms with Crippen LogP contribution in [0.1, 0.15) is 24.2 Å². The monoisotopic (exact) mass is 445 g/mol. The van der Waals surface area contributed by atoms with E-state index in [4.69, 9.17) is 10.5 Å². The summed E-state index contributed by atoms with van der Waals surface area (Å²) in [6.07, 6.45) is -1.42. The van der Waals surface area contributed by atoms with Crippen molar-refractivity contribution in [3.05, 3.63) is 71.3 Å². The lowest BCUT2D eigenvalue weighted by Gasteiger charge is -2.35. The number of amides is 3. The molecule has 1 aliphatic rings. The highest BCUT2D eigenvalue weighted by atomic mass is 19.1. The van der Waals surface area contributed by atoms with E-state index in [9.17, 15) is 23.2 Å². The number of hydrogen-bond acceptors (Lipinski definition) is 5. The van der Waals surface area contributed by atoms with E-state index in [0.29, 0.717) is 11.6 Å². The molecule has 1 saturated heterocycles. The lowest BCUT2D eigenvalue weighted by molar-refractivity contribution is -0.158. The molecule has 1 heterocycles. The number of carbonyl (C=O) groups is 3. The van der Waals surface area contributed by atoms with Gasteiger partial charge < -0.3 is 15.4 Å². The number of nitrogens with zero attached hydrogens (tertiary/aromatic N) is 2. The first-order valence-corrected chi connectivity index (χ1v) is 10.2. The molecule has 0 unspecified atom stereocenters. The van der Waals surface area contributed by atoms with E-state index in [2.05, 4.69) is 0 Å². The number of likely N-dealkylation sites (N-methyl/N-ethyl adjacent to an activating group) is 1. The second-order valence-electron chi connectivity index (χ2n) is 7.75. The Morgan fingerprint density at radius 2 is 1.81 bits per heavy atom. The predicted molar refractivity (Wildman–Crippen MR) is 112 cm³/mol. The third kappa shape index (κ3) is 5.17. The van der Waals surface area contributed by atoms with E-state index in [0.717, 1.165) is 17.0 Å². The zero-order chi connectivity index (χ0) is 23.4. The van der Waals surface area contributed by atoms with Gasteiger partial charge in [-0.2, -0.15) is 0 Å². The molecule has 1 aliphatic heterocycles. The Kier molecular flexibility index (Phi) is 7.32. The van der Waals surface area contributed by atoms with Crippen molar-refractivity contribution in [3.63, 3.8) is 0 Å². The Labute approximate surface area is 184 Å². The normalized spacial score (nSPS) is 19.9. The number of nitrogens with two attached hydrogens (primary N) is 1. The van der Waals surface area contributed by atoms with Gasteiger partial charge in [-0.3, -0.25) is 19.3 Å². The second kappa shape index (κ2) is 9.97. The Morgan fingerprint density at radius 3 is 2.41 bits per heavy atom. The maximum absolute atomic E-state index is 13.6. The van der Waals surface area contributed by atoms with Gasteiger partial charge in [-0.25, -0.2) is 8.78 Å². The molecule has 32 heavy (non-hydrogen) atoms. The fourth-order valence-electron chi connectivity index (χ4n) is 3.65. The van der Waals surface area contributed by atoms with Crippen LogP contribution in [0.2, 0.25) is 0 Å². The summed E-state index contributed by atoms with van der Waals surface area (Å²) >= 11 is 0. The molecule has 3 rings (SSSR count). The number of halogens is 2. The number of benzene rings is 2. The Hall–Kier alpha value is -3.17. The van der Waals surface area contributed by atoms with Gasteiger partial charge in [0.05, 0.1) is 19.1 Å². The molecule has 2 N–H and O–H groups in total. The summed E-state index contributed by atoms with van der Waals surface area (Å²) in [4.78, 5) is 41.8. The molecule has 170 valence electrons. The quantitative estimate of drug-likeness (QED) is 0.758. The van der Waals surface area contributed by atoms with Crippen molar-refractivity contribution in [3.8, 4) is 0 Å². The number of hydrogen-bond donors (Lipinski definition) is 1. The van der Waals surface area contributed by atoms with E-state index in [-0.39, 0.29) is 18.7 Å². The zero-order valence-corrected chi connectivity index (χ0v) is 17.8. The van der Waals surface area contributed by atoms with Crippen LogP contribution in [-0.4, -0.2) is 59.8 Å². The highest BCUT2D eigenvalue weighted by Crippen LogP contribution is 2.29. The van der Waals surface area contributed by atoms with E-state index < -0.39 is 54.0 Å². The third-order valence-electron chi connectivity index (χ3n) is 5.22. The van der Waals surface area contributed by atoms with E-state index in [1.165, 1.54) is 11.8 Å². The van der Waals surface area contributed by atoms with Crippen molar-refractivity contribution in [2.75, 3.05) is 20.2 Å². The van der Waals surface area contributed by atoms with Crippen LogP contribution in [0.3, 0.4) is 0 Å². The second-order valence-corrected chi connectivity index (χ2v) is 7.75. The van der Waals surface area contributed by atoms with Gasteiger partial charge in [-0.15, -0.1) is 0 Å². The van der Waals surface area contributed by atoms with Crippen molar-refractivity contribution < 1.29 is 27.9 Å². The van der Waals surface area contributed by atoms with Gasteiger partial charge in [0.1, 0.15) is 23.8 Å². The lowest BCUT2D eigenvalue weighted by atomic mass is 9.98. The highest BCUT2D eigenvalue weighted by Gasteiger charge is 2.44. The van der Waals surface area contributed by atoms with Crippen LogP contribution < -0.4 is 5.73 Å². The average molecular weight is 445 g/mol. The van der Waals surface area contributed by atoms with Crippen LogP contribution in [0.25, 0.3) is 0 Å². The topological polar surface area (TPSA) is 92.9 Å². The number of rotatable bonds is 5. The summed E-state index contributed by atoms with van der Waals surface area (Å²) in [7, 11) is 1.55. The third-order valence-corrected chi connectivity index (χ3v) is 5.22. The fourth-order valence-corrected chi connectivity index (χ4v) is 3.65. The van der Waals surface area contributed by atoms with Crippen LogP contribution >= 0.6 is 0 Å². The maximum Gasteiger partial charge on any atom is 0.248 e. The SMILES string of the molecule is C[C@H](N)C(=O)N(C(=O)Cc1cc(F)cc(F)c1)[C@@H]1C(=O)N(C)CCO[C@@H]1c1ccccc1. The molecule has 0 saturated carbocycles. The minimum absolute atomic E-state index is 0.0292. The van der Waals surface area contributed by atoms with Gasteiger partial charge in [0, 0.05) is 19.7 Å². The summed E-state index contributed by atoms with van der Waals surface area (Å²) in [6.45, 7) is 1.86. The van der Waals surface area contributed by atoms with Crippen molar-refractivity contribution in [1.82, 2.24) is 9.80 Å². The molecular formula is C23H25F2N3O4. The largest absolute Gasteiger partial charge is 0.369 e. The lowest BCUT2D eigenvalue weighted by Crippen LogP contribution is -2.58. The maximum atomic E-state index is 13.6. The van der Waals surface area contributed by atoms with Crippen molar-refractivity contribution in [1.29, 1.82) is 0 Å². The van der Waals surface area contributed by atoms with Crippen molar-refractivity contribution in [2.45, 2.75) is 31.5 Å². The summed E-state index contributed by atoms with van der Waals surface area (Å²) in [5, 5.41) is 0. The number of carbonyl (C=O) groups excluding carboxylic acids is 3. The van der Waals surface area contributed by atoms with Gasteiger partial charge >= 0.3 is 0 Å². The number of imide groups is 1.